The monoisotopic (exact) mass is 249 g/mol. The zero-order chi connectivity index (χ0) is 13.4. The molecule has 96 valence electrons. The van der Waals surface area contributed by atoms with Gasteiger partial charge in [-0.15, -0.1) is 6.58 Å². The fourth-order valence-corrected chi connectivity index (χ4v) is 1.20. The van der Waals surface area contributed by atoms with Gasteiger partial charge in [0.05, 0.1) is 12.0 Å². The Hall–Kier alpha value is -2.37. The molecule has 1 aromatic heterocycles. The molecule has 0 radical (unpaired) electrons. The molecule has 0 fully saturated rings. The van der Waals surface area contributed by atoms with E-state index in [1.165, 1.54) is 6.20 Å². The first-order valence-corrected chi connectivity index (χ1v) is 5.44. The molecular formula is C12H15N3O3. The fourth-order valence-electron chi connectivity index (χ4n) is 1.20. The first-order chi connectivity index (χ1) is 8.63. The predicted molar refractivity (Wildman–Crippen MR) is 67.5 cm³/mol. The number of carbonyl (C=O) groups excluding carboxylic acids is 1. The number of anilines is 1. The number of carbonyl (C=O) groups is 2. The molecular weight excluding hydrogens is 234 g/mol. The second kappa shape index (κ2) is 7.05. The van der Waals surface area contributed by atoms with E-state index in [0.717, 1.165) is 0 Å². The molecule has 1 amide bonds. The molecule has 1 heterocycles. The fraction of sp³-hybridized carbons (Fsp3) is 0.250. The van der Waals surface area contributed by atoms with Crippen molar-refractivity contribution in [1.82, 2.24) is 10.3 Å². The van der Waals surface area contributed by atoms with E-state index in [2.05, 4.69) is 22.2 Å². The Morgan fingerprint density at radius 1 is 1.44 bits per heavy atom. The Bertz CT molecular complexity index is 429. The molecule has 6 nitrogen and oxygen atoms in total. The van der Waals surface area contributed by atoms with E-state index < -0.39 is 5.97 Å². The maximum atomic E-state index is 11.5. The SMILES string of the molecule is C=CCNC(=O)c1ccc(NCCC(=O)O)nc1. The summed E-state index contributed by atoms with van der Waals surface area (Å²) in [7, 11) is 0. The van der Waals surface area contributed by atoms with Crippen LogP contribution in [0.25, 0.3) is 0 Å². The van der Waals surface area contributed by atoms with Gasteiger partial charge in [0.15, 0.2) is 0 Å². The molecule has 0 spiro atoms. The van der Waals surface area contributed by atoms with Crippen molar-refractivity contribution in [2.75, 3.05) is 18.4 Å². The highest BCUT2D eigenvalue weighted by atomic mass is 16.4. The molecule has 6 heteroatoms. The number of rotatable bonds is 7. The van der Waals surface area contributed by atoms with Gasteiger partial charge in [-0.05, 0) is 12.1 Å². The number of carboxylic acids is 1. The lowest BCUT2D eigenvalue weighted by Crippen LogP contribution is -2.23. The van der Waals surface area contributed by atoms with Crippen molar-refractivity contribution in [1.29, 1.82) is 0 Å². The molecule has 1 rings (SSSR count). The summed E-state index contributed by atoms with van der Waals surface area (Å²) in [5, 5.41) is 13.9. The molecule has 0 bridgehead atoms. The summed E-state index contributed by atoms with van der Waals surface area (Å²) < 4.78 is 0. The topological polar surface area (TPSA) is 91.3 Å². The zero-order valence-electron chi connectivity index (χ0n) is 9.85. The predicted octanol–water partition coefficient (Wildman–Crippen LogP) is 0.884. The third-order valence-corrected chi connectivity index (χ3v) is 2.08. The van der Waals surface area contributed by atoms with Gasteiger partial charge in [0.2, 0.25) is 0 Å². The second-order valence-corrected chi connectivity index (χ2v) is 3.50. The van der Waals surface area contributed by atoms with Crippen LogP contribution in [0.4, 0.5) is 5.82 Å². The molecule has 0 aliphatic carbocycles. The molecule has 0 aliphatic heterocycles. The number of carboxylic acid groups (broad SMARTS) is 1. The molecule has 0 unspecified atom stereocenters. The van der Waals surface area contributed by atoms with Crippen LogP contribution in [-0.4, -0.2) is 35.1 Å². The van der Waals surface area contributed by atoms with Crippen LogP contribution < -0.4 is 10.6 Å². The van der Waals surface area contributed by atoms with Gasteiger partial charge < -0.3 is 15.7 Å². The van der Waals surface area contributed by atoms with E-state index in [1.807, 2.05) is 0 Å². The average molecular weight is 249 g/mol. The van der Waals surface area contributed by atoms with Gasteiger partial charge in [-0.3, -0.25) is 9.59 Å². The second-order valence-electron chi connectivity index (χ2n) is 3.50. The van der Waals surface area contributed by atoms with Crippen LogP contribution in [0.2, 0.25) is 0 Å². The summed E-state index contributed by atoms with van der Waals surface area (Å²) in [6.07, 6.45) is 3.04. The minimum absolute atomic E-state index is 0.0171. The summed E-state index contributed by atoms with van der Waals surface area (Å²) in [5.41, 5.74) is 0.445. The van der Waals surface area contributed by atoms with Crippen LogP contribution >= 0.6 is 0 Å². The maximum absolute atomic E-state index is 11.5. The normalized spacial score (nSPS) is 9.56. The van der Waals surface area contributed by atoms with Crippen LogP contribution in [0.3, 0.4) is 0 Å². The third-order valence-electron chi connectivity index (χ3n) is 2.08. The van der Waals surface area contributed by atoms with Crippen LogP contribution in [0, 0.1) is 0 Å². The van der Waals surface area contributed by atoms with Crippen molar-refractivity contribution in [2.24, 2.45) is 0 Å². The van der Waals surface area contributed by atoms with Crippen LogP contribution in [0.5, 0.6) is 0 Å². The van der Waals surface area contributed by atoms with Crippen molar-refractivity contribution >= 4 is 17.7 Å². The highest BCUT2D eigenvalue weighted by molar-refractivity contribution is 5.94. The number of aromatic nitrogens is 1. The van der Waals surface area contributed by atoms with E-state index in [9.17, 15) is 9.59 Å². The Balaban J connectivity index is 2.49. The number of nitrogens with zero attached hydrogens (tertiary/aromatic N) is 1. The largest absolute Gasteiger partial charge is 0.481 e. The minimum atomic E-state index is -0.872. The van der Waals surface area contributed by atoms with E-state index >= 15 is 0 Å². The highest BCUT2D eigenvalue weighted by Crippen LogP contribution is 2.05. The molecule has 3 N–H and O–H groups in total. The van der Waals surface area contributed by atoms with Crippen molar-refractivity contribution in [2.45, 2.75) is 6.42 Å². The molecule has 0 aromatic carbocycles. The third kappa shape index (κ3) is 4.65. The van der Waals surface area contributed by atoms with Crippen molar-refractivity contribution in [3.05, 3.63) is 36.5 Å². The standard InChI is InChI=1S/C12H15N3O3/c1-2-6-14-12(18)9-3-4-10(15-8-9)13-7-5-11(16)17/h2-4,8H,1,5-7H2,(H,13,15)(H,14,18)(H,16,17). The number of nitrogens with one attached hydrogen (secondary N) is 2. The smallest absolute Gasteiger partial charge is 0.305 e. The van der Waals surface area contributed by atoms with Crippen molar-refractivity contribution in [3.63, 3.8) is 0 Å². The lowest BCUT2D eigenvalue weighted by Gasteiger charge is -2.05. The summed E-state index contributed by atoms with van der Waals surface area (Å²) >= 11 is 0. The van der Waals surface area contributed by atoms with Crippen molar-refractivity contribution < 1.29 is 14.7 Å². The van der Waals surface area contributed by atoms with Gasteiger partial charge >= 0.3 is 5.97 Å². The van der Waals surface area contributed by atoms with Gasteiger partial charge in [-0.2, -0.15) is 0 Å². The van der Waals surface area contributed by atoms with Crippen LogP contribution in [-0.2, 0) is 4.79 Å². The zero-order valence-corrected chi connectivity index (χ0v) is 9.85. The number of pyridine rings is 1. The Morgan fingerprint density at radius 2 is 2.22 bits per heavy atom. The number of aliphatic carboxylic acids is 1. The van der Waals surface area contributed by atoms with Gasteiger partial charge in [-0.25, -0.2) is 4.98 Å². The Labute approximate surface area is 105 Å². The average Bonchev–Trinajstić information content (AvgIpc) is 2.36. The quantitative estimate of drug-likeness (QED) is 0.624. The summed E-state index contributed by atoms with van der Waals surface area (Å²) in [6.45, 7) is 4.20. The van der Waals surface area contributed by atoms with E-state index in [1.54, 1.807) is 18.2 Å². The number of hydrogen-bond acceptors (Lipinski definition) is 4. The summed E-state index contributed by atoms with van der Waals surface area (Å²) in [5.74, 6) is -0.557. The Kier molecular flexibility index (Phi) is 5.37. The highest BCUT2D eigenvalue weighted by Gasteiger charge is 2.04. The van der Waals surface area contributed by atoms with Gasteiger partial charge in [0.25, 0.3) is 5.91 Å². The van der Waals surface area contributed by atoms with E-state index in [-0.39, 0.29) is 12.3 Å². The first-order valence-electron chi connectivity index (χ1n) is 5.44. The van der Waals surface area contributed by atoms with Crippen molar-refractivity contribution in [3.8, 4) is 0 Å². The maximum Gasteiger partial charge on any atom is 0.305 e. The number of amides is 1. The molecule has 18 heavy (non-hydrogen) atoms. The van der Waals surface area contributed by atoms with Gasteiger partial charge in [0, 0.05) is 19.3 Å². The lowest BCUT2D eigenvalue weighted by atomic mass is 10.2. The van der Waals surface area contributed by atoms with E-state index in [4.69, 9.17) is 5.11 Å². The van der Waals surface area contributed by atoms with Gasteiger partial charge in [0.1, 0.15) is 5.82 Å². The molecule has 0 atom stereocenters. The van der Waals surface area contributed by atoms with Gasteiger partial charge in [-0.1, -0.05) is 6.08 Å². The van der Waals surface area contributed by atoms with E-state index in [0.29, 0.717) is 24.5 Å². The number of hydrogen-bond donors (Lipinski definition) is 3. The van der Waals surface area contributed by atoms with Crippen LogP contribution in [0.15, 0.2) is 31.0 Å². The summed E-state index contributed by atoms with van der Waals surface area (Å²) in [6, 6.07) is 3.25. The van der Waals surface area contributed by atoms with Crippen LogP contribution in [0.1, 0.15) is 16.8 Å². The molecule has 0 saturated heterocycles. The first kappa shape index (κ1) is 13.7. The molecule has 1 aromatic rings. The molecule has 0 saturated carbocycles. The molecule has 0 aliphatic rings. The lowest BCUT2D eigenvalue weighted by molar-refractivity contribution is -0.136. The summed E-state index contributed by atoms with van der Waals surface area (Å²) in [4.78, 5) is 25.8. The Morgan fingerprint density at radius 3 is 2.78 bits per heavy atom. The minimum Gasteiger partial charge on any atom is -0.481 e.